The minimum Gasteiger partial charge on any atom is -0.369 e. The fourth-order valence-corrected chi connectivity index (χ4v) is 2.24. The van der Waals surface area contributed by atoms with Crippen molar-refractivity contribution in [1.29, 1.82) is 0 Å². The molecule has 3 nitrogen and oxygen atoms in total. The minimum absolute atomic E-state index is 0.350. The molecule has 0 unspecified atom stereocenters. The van der Waals surface area contributed by atoms with E-state index in [0.717, 1.165) is 22.7 Å². The molecule has 3 aromatic rings. The molecule has 0 saturated carbocycles. The number of fused-ring (bicyclic) bond motifs is 1. The first kappa shape index (κ1) is 12.6. The van der Waals surface area contributed by atoms with Crippen molar-refractivity contribution in [1.82, 2.24) is 9.55 Å². The molecular formula is C15H13F2N3. The van der Waals surface area contributed by atoms with E-state index >= 15 is 0 Å². The summed E-state index contributed by atoms with van der Waals surface area (Å²) in [7, 11) is 0. The first-order valence-corrected chi connectivity index (χ1v) is 6.21. The maximum absolute atomic E-state index is 13.3. The van der Waals surface area contributed by atoms with Gasteiger partial charge in [0.1, 0.15) is 0 Å². The van der Waals surface area contributed by atoms with Gasteiger partial charge in [0.25, 0.3) is 0 Å². The highest BCUT2D eigenvalue weighted by Crippen LogP contribution is 2.21. The number of rotatable bonds is 2. The molecule has 0 bridgehead atoms. The van der Waals surface area contributed by atoms with Crippen LogP contribution in [0, 0.1) is 18.6 Å². The average Bonchev–Trinajstić information content (AvgIpc) is 2.70. The number of nitrogens with zero attached hydrogens (tertiary/aromatic N) is 2. The van der Waals surface area contributed by atoms with E-state index in [-0.39, 0.29) is 0 Å². The van der Waals surface area contributed by atoms with Crippen LogP contribution in [-0.2, 0) is 6.54 Å². The molecular weight excluding hydrogens is 260 g/mol. The van der Waals surface area contributed by atoms with E-state index < -0.39 is 11.6 Å². The Balaban J connectivity index is 2.07. The van der Waals surface area contributed by atoms with Gasteiger partial charge in [-0.05, 0) is 42.3 Å². The van der Waals surface area contributed by atoms with E-state index in [2.05, 4.69) is 4.98 Å². The zero-order chi connectivity index (χ0) is 14.3. The number of anilines is 1. The Hall–Kier alpha value is -2.43. The van der Waals surface area contributed by atoms with E-state index in [0.29, 0.717) is 18.1 Å². The normalized spacial score (nSPS) is 11.2. The van der Waals surface area contributed by atoms with E-state index in [1.165, 1.54) is 6.07 Å². The fraction of sp³-hybridized carbons (Fsp3) is 0.133. The number of aryl methyl sites for hydroxylation is 1. The van der Waals surface area contributed by atoms with Gasteiger partial charge in [-0.1, -0.05) is 12.1 Å². The molecule has 1 aromatic heterocycles. The predicted molar refractivity (Wildman–Crippen MR) is 74.3 cm³/mol. The van der Waals surface area contributed by atoms with Crippen LogP contribution in [0.3, 0.4) is 0 Å². The van der Waals surface area contributed by atoms with Crippen LogP contribution >= 0.6 is 0 Å². The molecule has 3 rings (SSSR count). The number of benzene rings is 2. The van der Waals surface area contributed by atoms with Crippen LogP contribution in [0.1, 0.15) is 11.1 Å². The van der Waals surface area contributed by atoms with Crippen molar-refractivity contribution in [2.45, 2.75) is 13.5 Å². The quantitative estimate of drug-likeness (QED) is 0.779. The van der Waals surface area contributed by atoms with Gasteiger partial charge in [0.05, 0.1) is 17.6 Å². The van der Waals surface area contributed by atoms with Gasteiger partial charge in [-0.15, -0.1) is 0 Å². The van der Waals surface area contributed by atoms with Crippen molar-refractivity contribution in [3.8, 4) is 0 Å². The third kappa shape index (κ3) is 2.11. The third-order valence-electron chi connectivity index (χ3n) is 3.26. The van der Waals surface area contributed by atoms with Crippen LogP contribution in [-0.4, -0.2) is 9.55 Å². The lowest BCUT2D eigenvalue weighted by molar-refractivity contribution is 0.506. The lowest BCUT2D eigenvalue weighted by atomic mass is 10.2. The standard InChI is InChI=1S/C15H13F2N3/c1-9-2-5-13-14(6-9)20(15(18)19-13)8-10-3-4-11(16)12(17)7-10/h2-7H,8H2,1H3,(H2,18,19). The Kier molecular flexibility index (Phi) is 2.89. The number of imidazole rings is 1. The molecule has 5 heteroatoms. The molecule has 0 saturated heterocycles. The fourth-order valence-electron chi connectivity index (χ4n) is 2.24. The van der Waals surface area contributed by atoms with Crippen molar-refractivity contribution >= 4 is 17.0 Å². The Morgan fingerprint density at radius 3 is 2.65 bits per heavy atom. The van der Waals surface area contributed by atoms with Gasteiger partial charge < -0.3 is 10.3 Å². The van der Waals surface area contributed by atoms with Crippen LogP contribution in [0.25, 0.3) is 11.0 Å². The number of nitrogens with two attached hydrogens (primary N) is 1. The van der Waals surface area contributed by atoms with Gasteiger partial charge in [-0.25, -0.2) is 13.8 Å². The van der Waals surface area contributed by atoms with Crippen LogP contribution in [0.4, 0.5) is 14.7 Å². The number of hydrogen-bond donors (Lipinski definition) is 1. The van der Waals surface area contributed by atoms with Gasteiger partial charge in [0, 0.05) is 0 Å². The molecule has 0 aliphatic carbocycles. The Morgan fingerprint density at radius 2 is 1.90 bits per heavy atom. The maximum Gasteiger partial charge on any atom is 0.201 e. The summed E-state index contributed by atoms with van der Waals surface area (Å²) in [5.41, 5.74) is 9.30. The van der Waals surface area contributed by atoms with Gasteiger partial charge in [-0.3, -0.25) is 0 Å². The number of aromatic nitrogens is 2. The number of nitrogen functional groups attached to an aromatic ring is 1. The molecule has 2 aromatic carbocycles. The van der Waals surface area contributed by atoms with Crippen molar-refractivity contribution in [2.24, 2.45) is 0 Å². The summed E-state index contributed by atoms with van der Waals surface area (Å²) >= 11 is 0. The molecule has 0 aliphatic rings. The molecule has 0 fully saturated rings. The van der Waals surface area contributed by atoms with Crippen LogP contribution in [0.2, 0.25) is 0 Å². The Morgan fingerprint density at radius 1 is 1.10 bits per heavy atom. The molecule has 0 amide bonds. The van der Waals surface area contributed by atoms with Crippen LogP contribution < -0.4 is 5.73 Å². The van der Waals surface area contributed by atoms with E-state index in [1.54, 1.807) is 10.6 Å². The first-order chi connectivity index (χ1) is 9.54. The molecule has 102 valence electrons. The topological polar surface area (TPSA) is 43.8 Å². The molecule has 20 heavy (non-hydrogen) atoms. The summed E-state index contributed by atoms with van der Waals surface area (Å²) in [6.07, 6.45) is 0. The average molecular weight is 273 g/mol. The minimum atomic E-state index is -0.860. The van der Waals surface area contributed by atoms with Crippen molar-refractivity contribution in [2.75, 3.05) is 5.73 Å². The monoisotopic (exact) mass is 273 g/mol. The lowest BCUT2D eigenvalue weighted by Gasteiger charge is -2.07. The second kappa shape index (κ2) is 4.59. The summed E-state index contributed by atoms with van der Waals surface area (Å²) < 4.78 is 28.0. The highest BCUT2D eigenvalue weighted by atomic mass is 19.2. The van der Waals surface area contributed by atoms with Gasteiger partial charge in [0.2, 0.25) is 5.95 Å². The van der Waals surface area contributed by atoms with Gasteiger partial charge in [-0.2, -0.15) is 0 Å². The van der Waals surface area contributed by atoms with Crippen molar-refractivity contribution in [3.05, 3.63) is 59.2 Å². The highest BCUT2D eigenvalue weighted by Gasteiger charge is 2.10. The highest BCUT2D eigenvalue weighted by molar-refractivity contribution is 5.79. The first-order valence-electron chi connectivity index (χ1n) is 6.21. The molecule has 0 atom stereocenters. The molecule has 0 radical (unpaired) electrons. The number of halogens is 2. The van der Waals surface area contributed by atoms with Crippen molar-refractivity contribution in [3.63, 3.8) is 0 Å². The summed E-state index contributed by atoms with van der Waals surface area (Å²) in [4.78, 5) is 4.26. The van der Waals surface area contributed by atoms with Crippen LogP contribution in [0.5, 0.6) is 0 Å². The van der Waals surface area contributed by atoms with E-state index in [4.69, 9.17) is 5.73 Å². The summed E-state index contributed by atoms with van der Waals surface area (Å²) in [5, 5.41) is 0. The van der Waals surface area contributed by atoms with Crippen molar-refractivity contribution < 1.29 is 8.78 Å². The summed E-state index contributed by atoms with van der Waals surface area (Å²) in [6, 6.07) is 9.65. The van der Waals surface area contributed by atoms with Gasteiger partial charge in [0.15, 0.2) is 11.6 Å². The largest absolute Gasteiger partial charge is 0.369 e. The zero-order valence-electron chi connectivity index (χ0n) is 10.9. The summed E-state index contributed by atoms with van der Waals surface area (Å²) in [5.74, 6) is -1.36. The second-order valence-electron chi connectivity index (χ2n) is 4.80. The van der Waals surface area contributed by atoms with Gasteiger partial charge >= 0.3 is 0 Å². The Labute approximate surface area is 114 Å². The molecule has 0 spiro atoms. The summed E-state index contributed by atoms with van der Waals surface area (Å²) in [6.45, 7) is 2.33. The zero-order valence-corrected chi connectivity index (χ0v) is 10.9. The third-order valence-corrected chi connectivity index (χ3v) is 3.26. The predicted octanol–water partition coefficient (Wildman–Crippen LogP) is 3.25. The molecule has 2 N–H and O–H groups in total. The molecule has 1 heterocycles. The van der Waals surface area contributed by atoms with E-state index in [1.807, 2.05) is 25.1 Å². The smallest absolute Gasteiger partial charge is 0.201 e. The van der Waals surface area contributed by atoms with E-state index in [9.17, 15) is 8.78 Å². The second-order valence-corrected chi connectivity index (χ2v) is 4.80. The molecule has 0 aliphatic heterocycles. The lowest BCUT2D eigenvalue weighted by Crippen LogP contribution is -2.05. The maximum atomic E-state index is 13.3. The van der Waals surface area contributed by atoms with Crippen LogP contribution in [0.15, 0.2) is 36.4 Å². The Bertz CT molecular complexity index is 793. The SMILES string of the molecule is Cc1ccc2nc(N)n(Cc3ccc(F)c(F)c3)c2c1. The number of hydrogen-bond acceptors (Lipinski definition) is 2.